The molecular weight excluding hydrogens is 322 g/mol. The molecule has 0 N–H and O–H groups in total. The van der Waals surface area contributed by atoms with Gasteiger partial charge in [-0.1, -0.05) is 10.3 Å². The van der Waals surface area contributed by atoms with Crippen LogP contribution >= 0.6 is 0 Å². The molecule has 1 saturated heterocycles. The average Bonchev–Trinajstić information content (AvgIpc) is 3.36. The Morgan fingerprint density at radius 2 is 1.96 bits per heavy atom. The van der Waals surface area contributed by atoms with E-state index in [2.05, 4.69) is 15.3 Å². The summed E-state index contributed by atoms with van der Waals surface area (Å²) in [5.41, 5.74) is 2.70. The highest BCUT2D eigenvalue weighted by Crippen LogP contribution is 2.29. The molecule has 0 spiro atoms. The second kappa shape index (κ2) is 6.68. The van der Waals surface area contributed by atoms with Crippen molar-refractivity contribution in [1.29, 1.82) is 0 Å². The van der Waals surface area contributed by atoms with Crippen LogP contribution in [0.1, 0.15) is 41.9 Å². The molecule has 0 amide bonds. The molecule has 130 valence electrons. The Hall–Kier alpha value is -2.67. The second-order valence-corrected chi connectivity index (χ2v) is 6.07. The Kier molecular flexibility index (Phi) is 4.23. The first-order valence-corrected chi connectivity index (χ1v) is 8.31. The third-order valence-corrected chi connectivity index (χ3v) is 4.32. The van der Waals surface area contributed by atoms with Crippen LogP contribution in [0.2, 0.25) is 0 Å². The van der Waals surface area contributed by atoms with E-state index in [1.54, 1.807) is 0 Å². The Bertz CT molecular complexity index is 828. The summed E-state index contributed by atoms with van der Waals surface area (Å²) in [5.74, 6) is 2.64. The fourth-order valence-corrected chi connectivity index (χ4v) is 2.82. The summed E-state index contributed by atoms with van der Waals surface area (Å²) in [6, 6.07) is 7.59. The first kappa shape index (κ1) is 15.8. The summed E-state index contributed by atoms with van der Waals surface area (Å²) in [7, 11) is 0. The van der Waals surface area contributed by atoms with Gasteiger partial charge in [0.25, 0.3) is 5.89 Å². The molecule has 0 aliphatic carbocycles. The molecule has 1 atom stereocenters. The van der Waals surface area contributed by atoms with E-state index in [0.29, 0.717) is 18.3 Å². The van der Waals surface area contributed by atoms with Gasteiger partial charge in [-0.05, 0) is 51.0 Å². The standard InChI is InChI=1S/C18H19N3O4/c1-11-15(12(2)24-20-11)10-23-14-7-5-13(6-8-14)17-19-18(25-21-17)16-4-3-9-22-16/h5-8,16H,3-4,9-10H2,1-2H3/t16-/m1/s1. The zero-order valence-electron chi connectivity index (χ0n) is 14.2. The number of nitrogens with zero attached hydrogens (tertiary/aromatic N) is 3. The summed E-state index contributed by atoms with van der Waals surface area (Å²) < 4.78 is 21.8. The lowest BCUT2D eigenvalue weighted by Crippen LogP contribution is -1.98. The van der Waals surface area contributed by atoms with Crippen molar-refractivity contribution in [2.45, 2.75) is 39.4 Å². The minimum absolute atomic E-state index is 0.0705. The quantitative estimate of drug-likeness (QED) is 0.698. The molecule has 1 aliphatic rings. The van der Waals surface area contributed by atoms with E-state index < -0.39 is 0 Å². The lowest BCUT2D eigenvalue weighted by atomic mass is 10.2. The molecule has 7 nitrogen and oxygen atoms in total. The molecule has 7 heteroatoms. The molecule has 4 rings (SSSR count). The smallest absolute Gasteiger partial charge is 0.256 e. The normalized spacial score (nSPS) is 17.1. The van der Waals surface area contributed by atoms with Gasteiger partial charge in [0, 0.05) is 12.2 Å². The maximum absolute atomic E-state index is 5.81. The molecule has 3 aromatic rings. The molecule has 0 radical (unpaired) electrons. The van der Waals surface area contributed by atoms with Crippen molar-refractivity contribution in [1.82, 2.24) is 15.3 Å². The van der Waals surface area contributed by atoms with Crippen LogP contribution < -0.4 is 4.74 Å². The van der Waals surface area contributed by atoms with Crippen LogP contribution in [-0.4, -0.2) is 21.9 Å². The number of rotatable bonds is 5. The maximum atomic E-state index is 5.81. The van der Waals surface area contributed by atoms with Crippen LogP contribution in [-0.2, 0) is 11.3 Å². The van der Waals surface area contributed by atoms with Gasteiger partial charge < -0.3 is 18.5 Å². The molecule has 1 aromatic carbocycles. The second-order valence-electron chi connectivity index (χ2n) is 6.07. The van der Waals surface area contributed by atoms with E-state index in [-0.39, 0.29) is 6.10 Å². The lowest BCUT2D eigenvalue weighted by molar-refractivity contribution is 0.0835. The number of ether oxygens (including phenoxy) is 2. The van der Waals surface area contributed by atoms with Gasteiger partial charge in [0.2, 0.25) is 5.82 Å². The average molecular weight is 341 g/mol. The van der Waals surface area contributed by atoms with E-state index in [1.807, 2.05) is 38.1 Å². The van der Waals surface area contributed by atoms with Gasteiger partial charge in [0.1, 0.15) is 24.2 Å². The van der Waals surface area contributed by atoms with Crippen LogP contribution in [0.3, 0.4) is 0 Å². The van der Waals surface area contributed by atoms with Gasteiger partial charge in [-0.2, -0.15) is 4.98 Å². The van der Waals surface area contributed by atoms with Gasteiger partial charge in [-0.25, -0.2) is 0 Å². The van der Waals surface area contributed by atoms with E-state index in [0.717, 1.165) is 47.8 Å². The third kappa shape index (κ3) is 3.28. The molecule has 25 heavy (non-hydrogen) atoms. The SMILES string of the molecule is Cc1noc(C)c1COc1ccc(-c2noc([C@H]3CCCO3)n2)cc1. The largest absolute Gasteiger partial charge is 0.489 e. The van der Waals surface area contributed by atoms with Crippen molar-refractivity contribution in [2.24, 2.45) is 0 Å². The summed E-state index contributed by atoms with van der Waals surface area (Å²) in [6.07, 6.45) is 1.88. The topological polar surface area (TPSA) is 83.4 Å². The number of hydrogen-bond acceptors (Lipinski definition) is 7. The van der Waals surface area contributed by atoms with Crippen molar-refractivity contribution in [3.63, 3.8) is 0 Å². The van der Waals surface area contributed by atoms with Crippen LogP contribution in [0.5, 0.6) is 5.75 Å². The fraction of sp³-hybridized carbons (Fsp3) is 0.389. The highest BCUT2D eigenvalue weighted by atomic mass is 16.5. The molecule has 0 bridgehead atoms. The van der Waals surface area contributed by atoms with Gasteiger partial charge in [-0.15, -0.1) is 0 Å². The molecule has 0 unspecified atom stereocenters. The molecule has 3 heterocycles. The van der Waals surface area contributed by atoms with Crippen molar-refractivity contribution in [3.8, 4) is 17.1 Å². The van der Waals surface area contributed by atoms with Crippen molar-refractivity contribution in [2.75, 3.05) is 6.61 Å². The molecular formula is C18H19N3O4. The number of aryl methyl sites for hydroxylation is 2. The monoisotopic (exact) mass is 341 g/mol. The number of hydrogen-bond donors (Lipinski definition) is 0. The number of benzene rings is 1. The van der Waals surface area contributed by atoms with Gasteiger partial charge in [0.15, 0.2) is 0 Å². The van der Waals surface area contributed by atoms with E-state index in [4.69, 9.17) is 18.5 Å². The predicted molar refractivity (Wildman–Crippen MR) is 88.0 cm³/mol. The van der Waals surface area contributed by atoms with Crippen LogP contribution in [0.15, 0.2) is 33.3 Å². The van der Waals surface area contributed by atoms with Crippen molar-refractivity contribution in [3.05, 3.63) is 47.2 Å². The van der Waals surface area contributed by atoms with Crippen molar-refractivity contribution < 1.29 is 18.5 Å². The summed E-state index contributed by atoms with van der Waals surface area (Å²) in [4.78, 5) is 4.44. The lowest BCUT2D eigenvalue weighted by Gasteiger charge is -2.06. The van der Waals surface area contributed by atoms with Gasteiger partial charge >= 0.3 is 0 Å². The van der Waals surface area contributed by atoms with E-state index in [1.165, 1.54) is 0 Å². The zero-order valence-corrected chi connectivity index (χ0v) is 14.2. The Morgan fingerprint density at radius 1 is 1.12 bits per heavy atom. The molecule has 1 aliphatic heterocycles. The molecule has 0 saturated carbocycles. The Morgan fingerprint density at radius 3 is 2.64 bits per heavy atom. The minimum Gasteiger partial charge on any atom is -0.489 e. The van der Waals surface area contributed by atoms with E-state index in [9.17, 15) is 0 Å². The van der Waals surface area contributed by atoms with E-state index >= 15 is 0 Å². The first-order chi connectivity index (χ1) is 12.2. The predicted octanol–water partition coefficient (Wildman–Crippen LogP) is 3.77. The highest BCUT2D eigenvalue weighted by molar-refractivity contribution is 5.55. The third-order valence-electron chi connectivity index (χ3n) is 4.32. The zero-order chi connectivity index (χ0) is 17.2. The molecule has 2 aromatic heterocycles. The van der Waals surface area contributed by atoms with Crippen LogP contribution in [0.25, 0.3) is 11.4 Å². The minimum atomic E-state index is -0.0705. The molecule has 1 fully saturated rings. The summed E-state index contributed by atoms with van der Waals surface area (Å²) >= 11 is 0. The van der Waals surface area contributed by atoms with Crippen LogP contribution in [0, 0.1) is 13.8 Å². The maximum Gasteiger partial charge on any atom is 0.256 e. The summed E-state index contributed by atoms with van der Waals surface area (Å²) in [5, 5.41) is 7.97. The Balaban J connectivity index is 1.43. The first-order valence-electron chi connectivity index (χ1n) is 8.31. The number of aromatic nitrogens is 3. The van der Waals surface area contributed by atoms with Gasteiger partial charge in [0.05, 0.1) is 11.3 Å². The fourth-order valence-electron chi connectivity index (χ4n) is 2.82. The van der Waals surface area contributed by atoms with Crippen molar-refractivity contribution >= 4 is 0 Å². The van der Waals surface area contributed by atoms with Crippen LogP contribution in [0.4, 0.5) is 0 Å². The summed E-state index contributed by atoms with van der Waals surface area (Å²) in [6.45, 7) is 4.95. The Labute approximate surface area is 144 Å². The van der Waals surface area contributed by atoms with Gasteiger partial charge in [-0.3, -0.25) is 0 Å². The highest BCUT2D eigenvalue weighted by Gasteiger charge is 2.24.